The summed E-state index contributed by atoms with van der Waals surface area (Å²) in [5, 5.41) is 69.2. The standard InChI is InChI=1S/C49H60N6O8.C39H48N4O4.C10H14N2O5/c1-9-11-12-13-16-61-29(8)44-27(6)35-18-34-26(5)31(14-15-43(58)62-23-41-39(56)21-42(63-41)55-22-24(3)48(59)54-49(55)60)46(52-34)32-17-40(57)45-28(7)36(53-47(32)45)19-37-30(10-2)25(4)33(50-37)20-38(44)51-35;1-8-10-11-12-15-47-24(7)36-22(5)30-17-29-21(4)26(13-14-35(45)46)38(42-29)27-16-34(44)37-23(6)31(43-39(27)37)18-32-25(9-2)20(3)28(40-32)19-33(36)41-30;1-5-3-12(10(16)11-9(5)15)8-2-6(14)7(4-13)17-8/h18-20,22,26,29,31,39,41-42,52,56-57H,9-17,21,23H2,1-8H3,(H,54,59,60);17-19,21,24,26,42,44H,8-16H2,1-7H3,(H,45,46);3,6-8,13-14H,2,4H2,1H3,(H,11,15,16). The highest BCUT2D eigenvalue weighted by atomic mass is 16.6. The van der Waals surface area contributed by atoms with Gasteiger partial charge in [-0.3, -0.25) is 38.3 Å². The Kier molecular flexibility index (Phi) is 28.3. The Morgan fingerprint density at radius 1 is 0.528 bits per heavy atom. The fraction of sp³-hybridized carbons (Fsp3) is 0.510. The van der Waals surface area contributed by atoms with Crippen molar-refractivity contribution in [1.29, 1.82) is 0 Å². The Labute approximate surface area is 739 Å². The van der Waals surface area contributed by atoms with Gasteiger partial charge in [-0.1, -0.05) is 80.1 Å². The molecule has 12 atom stereocenters. The molecule has 2 aromatic heterocycles. The van der Waals surface area contributed by atoms with E-state index in [1.54, 1.807) is 13.8 Å². The van der Waals surface area contributed by atoms with Crippen LogP contribution in [0.15, 0.2) is 244 Å². The fourth-order valence-electron chi connectivity index (χ4n) is 19.5. The number of rotatable bonds is 27. The maximum Gasteiger partial charge on any atom is 0.330 e. The average molecular weight is 1740 g/mol. The second kappa shape index (κ2) is 39.0. The molecule has 12 aliphatic heterocycles. The van der Waals surface area contributed by atoms with Crippen molar-refractivity contribution < 1.29 is 63.9 Å². The van der Waals surface area contributed by atoms with Gasteiger partial charge in [-0.25, -0.2) is 39.5 Å². The van der Waals surface area contributed by atoms with Gasteiger partial charge >= 0.3 is 23.3 Å². The number of nitrogens with zero attached hydrogens (tertiary/aromatic N) is 8. The molecule has 2 aliphatic carbocycles. The molecule has 10 N–H and O–H groups in total. The summed E-state index contributed by atoms with van der Waals surface area (Å²) >= 11 is 0. The molecule has 14 aliphatic rings. The van der Waals surface area contributed by atoms with Crippen LogP contribution in [0.2, 0.25) is 0 Å². The Hall–Kier alpha value is -10.9. The topological polar surface area (TPSA) is 410 Å². The van der Waals surface area contributed by atoms with E-state index in [1.165, 1.54) is 46.4 Å². The Balaban J connectivity index is 0.000000178. The highest BCUT2D eigenvalue weighted by molar-refractivity contribution is 6.23. The monoisotopic (exact) mass is 1740 g/mol. The third kappa shape index (κ3) is 18.8. The molecular formula is C98H122N12O17. The number of nitrogens with one attached hydrogen (secondary N) is 4. The molecule has 16 rings (SSSR count). The second-order valence-corrected chi connectivity index (χ2v) is 35.4. The number of carboxylic acid groups (broad SMARTS) is 1. The van der Waals surface area contributed by atoms with Gasteiger partial charge in [0.05, 0.1) is 99.5 Å². The largest absolute Gasteiger partial charge is 0.511 e. The number of hydrogen-bond donors (Lipinski definition) is 10. The predicted octanol–water partition coefficient (Wildman–Crippen LogP) is 14.5. The van der Waals surface area contributed by atoms with E-state index in [1.807, 2.05) is 26.0 Å². The van der Waals surface area contributed by atoms with Gasteiger partial charge in [0.25, 0.3) is 11.1 Å². The van der Waals surface area contributed by atoms with Gasteiger partial charge in [0.1, 0.15) is 42.8 Å². The van der Waals surface area contributed by atoms with Crippen molar-refractivity contribution in [2.75, 3.05) is 26.4 Å². The van der Waals surface area contributed by atoms with E-state index in [9.17, 15) is 54.3 Å². The molecule has 0 spiro atoms. The first-order valence-electron chi connectivity index (χ1n) is 45.2. The van der Waals surface area contributed by atoms with Crippen molar-refractivity contribution in [2.24, 2.45) is 53.6 Å². The van der Waals surface area contributed by atoms with Gasteiger partial charge in [0.15, 0.2) is 0 Å². The lowest BCUT2D eigenvalue weighted by Crippen LogP contribution is -2.33. The Morgan fingerprint density at radius 2 is 0.937 bits per heavy atom. The molecule has 4 saturated heterocycles. The number of esters is 1. The molecule has 29 nitrogen and oxygen atoms in total. The van der Waals surface area contributed by atoms with E-state index in [0.717, 1.165) is 209 Å². The van der Waals surface area contributed by atoms with Crippen LogP contribution in [0.3, 0.4) is 0 Å². The summed E-state index contributed by atoms with van der Waals surface area (Å²) in [6.07, 6.45) is 22.8. The quantitative estimate of drug-likeness (QED) is 0.0293. The number of fused-ring (bicyclic) bond motifs is 10. The number of allylic oxidation sites excluding steroid dienone is 22. The number of unbranched alkanes of at least 4 members (excludes halogenated alkanes) is 6. The number of H-pyrrole nitrogens is 2. The van der Waals surface area contributed by atoms with Crippen molar-refractivity contribution in [3.05, 3.63) is 248 Å². The van der Waals surface area contributed by atoms with E-state index in [4.69, 9.17) is 58.7 Å². The molecule has 12 unspecified atom stereocenters. The number of carbonyl (C=O) groups is 2. The number of aromatic amines is 2. The summed E-state index contributed by atoms with van der Waals surface area (Å²) in [6.45, 7) is 33.7. The van der Waals surface area contributed by atoms with E-state index in [0.29, 0.717) is 55.8 Å². The van der Waals surface area contributed by atoms with Crippen LogP contribution in [-0.2, 0) is 33.3 Å². The Bertz CT molecular complexity index is 5900. The number of aliphatic hydroxyl groups excluding tert-OH is 5. The zero-order valence-corrected chi connectivity index (χ0v) is 75.9. The molecule has 0 amide bonds. The van der Waals surface area contributed by atoms with Crippen LogP contribution in [0, 0.1) is 37.5 Å². The lowest BCUT2D eigenvalue weighted by Gasteiger charge is -2.19. The number of aliphatic hydroxyl groups is 5. The van der Waals surface area contributed by atoms with Crippen LogP contribution in [0.1, 0.15) is 236 Å². The van der Waals surface area contributed by atoms with Crippen LogP contribution in [0.4, 0.5) is 0 Å². The number of aromatic nitrogens is 4. The van der Waals surface area contributed by atoms with Crippen molar-refractivity contribution in [2.45, 2.75) is 275 Å². The summed E-state index contributed by atoms with van der Waals surface area (Å²) in [7, 11) is 0. The highest BCUT2D eigenvalue weighted by Gasteiger charge is 2.46. The first-order chi connectivity index (χ1) is 60.7. The minimum Gasteiger partial charge on any atom is -0.511 e. The average Bonchev–Trinajstić information content (AvgIpc) is 1.58. The maximum atomic E-state index is 13.5. The highest BCUT2D eigenvalue weighted by Crippen LogP contribution is 2.50. The number of aliphatic carboxylic acids is 1. The number of aryl methyl sites for hydroxylation is 2. The van der Waals surface area contributed by atoms with Crippen LogP contribution >= 0.6 is 0 Å². The van der Waals surface area contributed by atoms with Crippen LogP contribution < -0.4 is 33.1 Å². The minimum atomic E-state index is -0.987. The normalized spacial score (nSPS) is 25.5. The molecule has 2 aromatic rings. The van der Waals surface area contributed by atoms with E-state index in [2.05, 4.69) is 128 Å². The zero-order valence-electron chi connectivity index (χ0n) is 75.9. The molecule has 4 fully saturated rings. The van der Waals surface area contributed by atoms with Gasteiger partial charge in [0, 0.05) is 155 Å². The van der Waals surface area contributed by atoms with E-state index >= 15 is 0 Å². The van der Waals surface area contributed by atoms with Crippen molar-refractivity contribution >= 4 is 46.2 Å². The number of aliphatic imine (C=N–C) groups is 6. The lowest BCUT2D eigenvalue weighted by molar-refractivity contribution is -0.150. The number of ether oxygens (including phenoxy) is 5. The van der Waals surface area contributed by atoms with Gasteiger partial charge < -0.3 is 65.0 Å². The zero-order chi connectivity index (χ0) is 91.0. The van der Waals surface area contributed by atoms with E-state index < -0.39 is 71.3 Å². The number of carboxylic acids is 1. The summed E-state index contributed by atoms with van der Waals surface area (Å²) in [6, 6.07) is 0. The van der Waals surface area contributed by atoms with Crippen LogP contribution in [0.5, 0.6) is 0 Å². The number of carbonyl (C=O) groups excluding carboxylic acids is 1. The summed E-state index contributed by atoms with van der Waals surface area (Å²) in [5.41, 5.74) is 26.2. The molecule has 14 heterocycles. The lowest BCUT2D eigenvalue weighted by atomic mass is 9.86. The Morgan fingerprint density at radius 3 is 1.35 bits per heavy atom. The first kappa shape index (κ1) is 92.3. The SMILES string of the molecule is CCCCCCOC(C)C1=C(C)C2=NC1=CC1=NC(=CC3=C(C)C4=C(O)CC(=C5NC(=C2)C(C)C5CCC(=O)O)C4=N3)C(CC)=C1C.CCCCCCOC(C)C1=C(C)C2=NC1=CC1=NC(=CC3=C(C)C4=C(O)CC(=C5NC(=C2)C(C)C5CCC(=O)OCC2OC(n5cc(C)c(=O)[nH]c5=O)CC2O)C4=N3)C(CC)=C1C.Cc1cn(C2CC(O)C(CO)O2)c(=O)[nH]c1=O. The number of hydrogen-bond acceptors (Lipinski definition) is 24. The van der Waals surface area contributed by atoms with Crippen molar-refractivity contribution in [3.63, 3.8) is 0 Å². The van der Waals surface area contributed by atoms with Crippen LogP contribution in [0.25, 0.3) is 0 Å². The smallest absolute Gasteiger partial charge is 0.330 e. The van der Waals surface area contributed by atoms with Gasteiger partial charge in [-0.2, -0.15) is 0 Å². The molecule has 0 saturated carbocycles. The van der Waals surface area contributed by atoms with Gasteiger partial charge in [0.2, 0.25) is 0 Å². The molecule has 29 heteroatoms. The molecule has 16 bridgehead atoms. The second-order valence-electron chi connectivity index (χ2n) is 35.4. The van der Waals surface area contributed by atoms with Crippen LogP contribution in [-0.4, -0.2) is 159 Å². The first-order valence-corrected chi connectivity index (χ1v) is 45.2. The van der Waals surface area contributed by atoms with Crippen molar-refractivity contribution in [3.8, 4) is 0 Å². The fourth-order valence-corrected chi connectivity index (χ4v) is 19.5. The summed E-state index contributed by atoms with van der Waals surface area (Å²) in [5.74, 6) is -0.979. The third-order valence-corrected chi connectivity index (χ3v) is 27.0. The molecule has 676 valence electrons. The third-order valence-electron chi connectivity index (χ3n) is 27.0. The molecule has 0 aromatic carbocycles. The summed E-state index contributed by atoms with van der Waals surface area (Å²) < 4.78 is 32.3. The van der Waals surface area contributed by atoms with E-state index in [-0.39, 0.29) is 80.5 Å². The molecular weight excluding hydrogens is 1620 g/mol. The van der Waals surface area contributed by atoms with Gasteiger partial charge in [-0.05, 0) is 189 Å². The van der Waals surface area contributed by atoms with Gasteiger partial charge in [-0.15, -0.1) is 0 Å². The molecule has 127 heavy (non-hydrogen) atoms. The maximum absolute atomic E-state index is 13.5. The van der Waals surface area contributed by atoms with Crippen molar-refractivity contribution in [1.82, 2.24) is 29.7 Å². The summed E-state index contributed by atoms with van der Waals surface area (Å²) in [4.78, 5) is 108. The minimum absolute atomic E-state index is 0.0215. The molecule has 0 radical (unpaired) electrons. The predicted molar refractivity (Wildman–Crippen MR) is 489 cm³/mol.